The molecule has 0 bridgehead atoms. The van der Waals surface area contributed by atoms with Crippen LogP contribution in [0, 0.1) is 6.92 Å². The third-order valence-corrected chi connectivity index (χ3v) is 2.45. The fourth-order valence-corrected chi connectivity index (χ4v) is 1.54. The number of carbonyl (C=O) groups excluding carboxylic acids is 1. The minimum atomic E-state index is -0.409. The molecular formula is C11H19N3O2. The molecule has 1 heterocycles. The molecule has 0 aromatic carbocycles. The van der Waals surface area contributed by atoms with Crippen LogP contribution < -0.4 is 5.32 Å². The molecular weight excluding hydrogens is 206 g/mol. The molecule has 0 aliphatic rings. The third-order valence-electron chi connectivity index (χ3n) is 2.45. The molecule has 0 saturated heterocycles. The summed E-state index contributed by atoms with van der Waals surface area (Å²) in [5.41, 5.74) is 0.877. The third kappa shape index (κ3) is 3.06. The van der Waals surface area contributed by atoms with E-state index in [0.29, 0.717) is 17.7 Å². The van der Waals surface area contributed by atoms with Gasteiger partial charge in [-0.1, -0.05) is 0 Å². The molecule has 1 amide bonds. The number of hydrogen-bond acceptors (Lipinski definition) is 3. The highest BCUT2D eigenvalue weighted by atomic mass is 16.3. The summed E-state index contributed by atoms with van der Waals surface area (Å²) in [6, 6.07) is 0. The van der Waals surface area contributed by atoms with Crippen molar-refractivity contribution in [2.24, 2.45) is 7.05 Å². The van der Waals surface area contributed by atoms with Gasteiger partial charge >= 0.3 is 0 Å². The molecule has 5 heteroatoms. The first-order valence-electron chi connectivity index (χ1n) is 5.29. The quantitative estimate of drug-likeness (QED) is 0.789. The van der Waals surface area contributed by atoms with Crippen molar-refractivity contribution in [3.8, 4) is 0 Å². The first kappa shape index (κ1) is 12.7. The highest BCUT2D eigenvalue weighted by Gasteiger charge is 2.22. The van der Waals surface area contributed by atoms with Crippen LogP contribution in [-0.4, -0.2) is 32.9 Å². The Labute approximate surface area is 95.5 Å². The summed E-state index contributed by atoms with van der Waals surface area (Å²) >= 11 is 0. The lowest BCUT2D eigenvalue weighted by atomic mass is 10.0. The maximum Gasteiger partial charge on any atom is 0.255 e. The Bertz CT molecular complexity index is 383. The van der Waals surface area contributed by atoms with Crippen LogP contribution in [0.2, 0.25) is 0 Å². The van der Waals surface area contributed by atoms with Gasteiger partial charge in [0.05, 0.1) is 11.3 Å². The number of aliphatic hydroxyl groups is 1. The van der Waals surface area contributed by atoms with Crippen molar-refractivity contribution in [1.82, 2.24) is 15.1 Å². The van der Waals surface area contributed by atoms with Crippen LogP contribution in [0.25, 0.3) is 0 Å². The maximum atomic E-state index is 11.9. The van der Waals surface area contributed by atoms with Crippen LogP contribution in [-0.2, 0) is 7.05 Å². The lowest BCUT2D eigenvalue weighted by Gasteiger charge is -2.25. The molecule has 0 spiro atoms. The maximum absolute atomic E-state index is 11.9. The molecule has 16 heavy (non-hydrogen) atoms. The average molecular weight is 225 g/mol. The molecule has 2 N–H and O–H groups in total. The van der Waals surface area contributed by atoms with E-state index in [2.05, 4.69) is 10.4 Å². The Morgan fingerprint density at radius 2 is 2.25 bits per heavy atom. The molecule has 0 fully saturated rings. The van der Waals surface area contributed by atoms with Crippen molar-refractivity contribution in [1.29, 1.82) is 0 Å². The second kappa shape index (κ2) is 4.65. The van der Waals surface area contributed by atoms with Crippen LogP contribution in [0.5, 0.6) is 0 Å². The van der Waals surface area contributed by atoms with E-state index in [1.54, 1.807) is 24.9 Å². The van der Waals surface area contributed by atoms with Crippen molar-refractivity contribution in [2.45, 2.75) is 32.7 Å². The topological polar surface area (TPSA) is 67.2 Å². The molecule has 0 atom stereocenters. The highest BCUT2D eigenvalue weighted by Crippen LogP contribution is 2.11. The summed E-state index contributed by atoms with van der Waals surface area (Å²) in [6.45, 7) is 5.62. The van der Waals surface area contributed by atoms with Crippen molar-refractivity contribution in [3.05, 3.63) is 17.5 Å². The molecule has 0 aliphatic heterocycles. The number of amides is 1. The predicted molar refractivity (Wildman–Crippen MR) is 61.2 cm³/mol. The Balaban J connectivity index is 2.76. The van der Waals surface area contributed by atoms with Gasteiger partial charge in [-0.05, 0) is 27.2 Å². The first-order chi connectivity index (χ1) is 7.35. The van der Waals surface area contributed by atoms with E-state index in [9.17, 15) is 4.79 Å². The van der Waals surface area contributed by atoms with E-state index in [1.165, 1.54) is 0 Å². The van der Waals surface area contributed by atoms with E-state index in [0.717, 1.165) is 0 Å². The molecule has 0 radical (unpaired) electrons. The number of aliphatic hydroxyl groups excluding tert-OH is 1. The van der Waals surface area contributed by atoms with Crippen molar-refractivity contribution in [2.75, 3.05) is 6.61 Å². The van der Waals surface area contributed by atoms with Crippen molar-refractivity contribution < 1.29 is 9.90 Å². The second-order valence-corrected chi connectivity index (χ2v) is 4.61. The molecule has 1 aromatic rings. The van der Waals surface area contributed by atoms with Gasteiger partial charge in [-0.3, -0.25) is 9.48 Å². The van der Waals surface area contributed by atoms with Crippen LogP contribution in [0.1, 0.15) is 36.3 Å². The summed E-state index contributed by atoms with van der Waals surface area (Å²) in [5.74, 6) is -0.149. The number of rotatable bonds is 4. The van der Waals surface area contributed by atoms with Gasteiger partial charge in [0.15, 0.2) is 0 Å². The van der Waals surface area contributed by atoms with Crippen molar-refractivity contribution >= 4 is 5.91 Å². The summed E-state index contributed by atoms with van der Waals surface area (Å²) in [7, 11) is 1.78. The molecule has 90 valence electrons. The van der Waals surface area contributed by atoms with Gasteiger partial charge in [0, 0.05) is 25.4 Å². The average Bonchev–Trinajstić information content (AvgIpc) is 2.44. The number of carbonyl (C=O) groups is 1. The highest BCUT2D eigenvalue weighted by molar-refractivity contribution is 5.95. The summed E-state index contributed by atoms with van der Waals surface area (Å²) in [6.07, 6.45) is 2.22. The number of aromatic nitrogens is 2. The zero-order chi connectivity index (χ0) is 12.3. The summed E-state index contributed by atoms with van der Waals surface area (Å²) < 4.78 is 1.61. The van der Waals surface area contributed by atoms with Gasteiger partial charge in [-0.2, -0.15) is 5.10 Å². The van der Waals surface area contributed by atoms with E-state index in [4.69, 9.17) is 5.11 Å². The Kier molecular flexibility index (Phi) is 3.70. The Hall–Kier alpha value is -1.36. The minimum Gasteiger partial charge on any atom is -0.396 e. The Morgan fingerprint density at radius 1 is 1.62 bits per heavy atom. The molecule has 1 aromatic heterocycles. The summed E-state index contributed by atoms with van der Waals surface area (Å²) in [5, 5.41) is 15.9. The molecule has 0 saturated carbocycles. The number of nitrogens with one attached hydrogen (secondary N) is 1. The van der Waals surface area contributed by atoms with Gasteiger partial charge in [-0.15, -0.1) is 0 Å². The standard InChI is InChI=1S/C11H19N3O2/c1-8-9(7-14(4)13-8)10(16)12-11(2,3)5-6-15/h7,15H,5-6H2,1-4H3,(H,12,16). The van der Waals surface area contributed by atoms with E-state index in [1.807, 2.05) is 13.8 Å². The minimum absolute atomic E-state index is 0.0549. The number of aryl methyl sites for hydroxylation is 2. The van der Waals surface area contributed by atoms with Gasteiger partial charge in [0.1, 0.15) is 0 Å². The Morgan fingerprint density at radius 3 is 2.69 bits per heavy atom. The van der Waals surface area contributed by atoms with Gasteiger partial charge < -0.3 is 10.4 Å². The van der Waals surface area contributed by atoms with Gasteiger partial charge in [-0.25, -0.2) is 0 Å². The number of hydrogen-bond donors (Lipinski definition) is 2. The zero-order valence-corrected chi connectivity index (χ0v) is 10.2. The molecule has 5 nitrogen and oxygen atoms in total. The first-order valence-corrected chi connectivity index (χ1v) is 5.29. The van der Waals surface area contributed by atoms with Crippen LogP contribution >= 0.6 is 0 Å². The van der Waals surface area contributed by atoms with Gasteiger partial charge in [0.25, 0.3) is 5.91 Å². The van der Waals surface area contributed by atoms with E-state index >= 15 is 0 Å². The monoisotopic (exact) mass is 225 g/mol. The van der Waals surface area contributed by atoms with E-state index in [-0.39, 0.29) is 12.5 Å². The van der Waals surface area contributed by atoms with Crippen LogP contribution in [0.3, 0.4) is 0 Å². The fraction of sp³-hybridized carbons (Fsp3) is 0.636. The van der Waals surface area contributed by atoms with Crippen LogP contribution in [0.4, 0.5) is 0 Å². The lowest BCUT2D eigenvalue weighted by Crippen LogP contribution is -2.44. The predicted octanol–water partition coefficient (Wildman–Crippen LogP) is 0.619. The molecule has 0 aliphatic carbocycles. The summed E-state index contributed by atoms with van der Waals surface area (Å²) in [4.78, 5) is 11.9. The van der Waals surface area contributed by atoms with Gasteiger partial charge in [0.2, 0.25) is 0 Å². The van der Waals surface area contributed by atoms with Crippen LogP contribution in [0.15, 0.2) is 6.20 Å². The molecule has 0 unspecified atom stereocenters. The second-order valence-electron chi connectivity index (χ2n) is 4.61. The van der Waals surface area contributed by atoms with E-state index < -0.39 is 5.54 Å². The largest absolute Gasteiger partial charge is 0.396 e. The number of nitrogens with zero attached hydrogens (tertiary/aromatic N) is 2. The van der Waals surface area contributed by atoms with Crippen molar-refractivity contribution in [3.63, 3.8) is 0 Å². The fourth-order valence-electron chi connectivity index (χ4n) is 1.54. The molecule has 1 rings (SSSR count). The normalized spacial score (nSPS) is 11.6. The zero-order valence-electron chi connectivity index (χ0n) is 10.2. The smallest absolute Gasteiger partial charge is 0.255 e. The SMILES string of the molecule is Cc1nn(C)cc1C(=O)NC(C)(C)CCO. The lowest BCUT2D eigenvalue weighted by molar-refractivity contribution is 0.0899.